The molecule has 0 atom stereocenters. The molecule has 0 spiro atoms. The van der Waals surface area contributed by atoms with Gasteiger partial charge in [0.15, 0.2) is 0 Å². The van der Waals surface area contributed by atoms with Crippen molar-refractivity contribution in [1.82, 2.24) is 14.7 Å². The number of likely N-dealkylation sites (N-methyl/N-ethyl adjacent to an activating group) is 3. The topological polar surface area (TPSA) is 9.72 Å². The molecule has 0 saturated heterocycles. The Morgan fingerprint density at radius 3 is 1.62 bits per heavy atom. The summed E-state index contributed by atoms with van der Waals surface area (Å²) in [6.45, 7) is 7.97. The van der Waals surface area contributed by atoms with Crippen LogP contribution in [0.5, 0.6) is 0 Å². The van der Waals surface area contributed by atoms with Crippen molar-refractivity contribution in [3.05, 3.63) is 0 Å². The van der Waals surface area contributed by atoms with Crippen molar-refractivity contribution in [3.8, 4) is 0 Å². The first-order valence-corrected chi connectivity index (χ1v) is 5.08. The van der Waals surface area contributed by atoms with E-state index >= 15 is 0 Å². The van der Waals surface area contributed by atoms with Gasteiger partial charge in [0.2, 0.25) is 0 Å². The van der Waals surface area contributed by atoms with Crippen LogP contribution in [0.25, 0.3) is 0 Å². The molecule has 0 fully saturated rings. The SMILES string of the molecule is CCN(C)CCN(C)CCN(C)C. The van der Waals surface area contributed by atoms with E-state index < -0.39 is 0 Å². The van der Waals surface area contributed by atoms with Crippen LogP contribution in [0.2, 0.25) is 0 Å². The zero-order valence-electron chi connectivity index (χ0n) is 9.88. The molecule has 13 heavy (non-hydrogen) atoms. The Bertz CT molecular complexity index is 115. The quantitative estimate of drug-likeness (QED) is 0.572. The lowest BCUT2D eigenvalue weighted by Crippen LogP contribution is -2.34. The van der Waals surface area contributed by atoms with E-state index in [2.05, 4.69) is 49.8 Å². The fraction of sp³-hybridized carbons (Fsp3) is 1.00. The van der Waals surface area contributed by atoms with Gasteiger partial charge in [-0.3, -0.25) is 0 Å². The molecule has 0 amide bonds. The van der Waals surface area contributed by atoms with Crippen LogP contribution in [-0.2, 0) is 0 Å². The van der Waals surface area contributed by atoms with Gasteiger partial charge in [-0.1, -0.05) is 6.92 Å². The number of hydrogen-bond donors (Lipinski definition) is 0. The first-order chi connectivity index (χ1) is 6.06. The molecule has 0 unspecified atom stereocenters. The summed E-state index contributed by atoms with van der Waals surface area (Å²) in [6, 6.07) is 0. The van der Waals surface area contributed by atoms with Gasteiger partial charge in [0.1, 0.15) is 0 Å². The van der Waals surface area contributed by atoms with Crippen molar-refractivity contribution >= 4 is 0 Å². The Hall–Kier alpha value is -0.120. The second-order valence-corrected chi connectivity index (χ2v) is 4.00. The molecule has 0 rings (SSSR count). The van der Waals surface area contributed by atoms with Crippen molar-refractivity contribution in [3.63, 3.8) is 0 Å². The molecule has 0 aromatic rings. The van der Waals surface area contributed by atoms with Crippen molar-refractivity contribution in [2.45, 2.75) is 6.92 Å². The van der Waals surface area contributed by atoms with E-state index in [1.54, 1.807) is 0 Å². The van der Waals surface area contributed by atoms with E-state index in [1.165, 1.54) is 6.54 Å². The average molecular weight is 187 g/mol. The second kappa shape index (κ2) is 7.30. The third-order valence-electron chi connectivity index (χ3n) is 2.33. The maximum atomic E-state index is 2.38. The molecule has 3 nitrogen and oxygen atoms in total. The van der Waals surface area contributed by atoms with Gasteiger partial charge in [-0.2, -0.15) is 0 Å². The third-order valence-corrected chi connectivity index (χ3v) is 2.33. The van der Waals surface area contributed by atoms with Crippen LogP contribution in [0.3, 0.4) is 0 Å². The van der Waals surface area contributed by atoms with Crippen molar-refractivity contribution < 1.29 is 0 Å². The highest BCUT2D eigenvalue weighted by Gasteiger charge is 2.00. The number of hydrogen-bond acceptors (Lipinski definition) is 3. The molecule has 0 aliphatic rings. The molecule has 0 radical (unpaired) electrons. The van der Waals surface area contributed by atoms with Crippen LogP contribution >= 0.6 is 0 Å². The minimum absolute atomic E-state index is 1.14. The number of rotatable bonds is 7. The summed E-state index contributed by atoms with van der Waals surface area (Å²) in [6.07, 6.45) is 0. The lowest BCUT2D eigenvalue weighted by molar-refractivity contribution is 0.242. The summed E-state index contributed by atoms with van der Waals surface area (Å²) in [5.74, 6) is 0. The lowest BCUT2D eigenvalue weighted by atomic mass is 10.4. The highest BCUT2D eigenvalue weighted by atomic mass is 15.2. The highest BCUT2D eigenvalue weighted by Crippen LogP contribution is 1.86. The molecule has 0 saturated carbocycles. The minimum Gasteiger partial charge on any atom is -0.308 e. The summed E-state index contributed by atoms with van der Waals surface area (Å²) in [7, 11) is 8.59. The van der Waals surface area contributed by atoms with E-state index in [9.17, 15) is 0 Å². The van der Waals surface area contributed by atoms with Gasteiger partial charge in [0, 0.05) is 26.2 Å². The summed E-state index contributed by atoms with van der Waals surface area (Å²) in [4.78, 5) is 6.94. The fourth-order valence-electron chi connectivity index (χ4n) is 0.982. The lowest BCUT2D eigenvalue weighted by Gasteiger charge is -2.22. The smallest absolute Gasteiger partial charge is 0.0107 e. The second-order valence-electron chi connectivity index (χ2n) is 4.00. The first kappa shape index (κ1) is 12.9. The van der Waals surface area contributed by atoms with Crippen LogP contribution in [0, 0.1) is 0 Å². The molecule has 0 aromatic heterocycles. The van der Waals surface area contributed by atoms with Gasteiger partial charge < -0.3 is 14.7 Å². The highest BCUT2D eigenvalue weighted by molar-refractivity contribution is 4.57. The Labute approximate surface area is 83.3 Å². The van der Waals surface area contributed by atoms with Gasteiger partial charge >= 0.3 is 0 Å². The van der Waals surface area contributed by atoms with E-state index in [4.69, 9.17) is 0 Å². The Morgan fingerprint density at radius 2 is 1.15 bits per heavy atom. The normalized spacial score (nSPS) is 12.0. The molecule has 0 N–H and O–H groups in total. The molecular weight excluding hydrogens is 162 g/mol. The van der Waals surface area contributed by atoms with E-state index in [1.807, 2.05) is 0 Å². The zero-order valence-corrected chi connectivity index (χ0v) is 9.88. The molecule has 0 aromatic carbocycles. The Balaban J connectivity index is 3.34. The largest absolute Gasteiger partial charge is 0.308 e. The average Bonchev–Trinajstić information content (AvgIpc) is 2.10. The molecule has 0 aliphatic carbocycles. The van der Waals surface area contributed by atoms with Gasteiger partial charge in [0.25, 0.3) is 0 Å². The summed E-state index contributed by atoms with van der Waals surface area (Å²) in [5, 5.41) is 0. The maximum absolute atomic E-state index is 2.38. The van der Waals surface area contributed by atoms with Crippen LogP contribution < -0.4 is 0 Å². The van der Waals surface area contributed by atoms with E-state index in [0.29, 0.717) is 0 Å². The minimum atomic E-state index is 1.14. The Kier molecular flexibility index (Phi) is 7.23. The van der Waals surface area contributed by atoms with E-state index in [0.717, 1.165) is 26.2 Å². The monoisotopic (exact) mass is 187 g/mol. The summed E-state index contributed by atoms with van der Waals surface area (Å²) < 4.78 is 0. The van der Waals surface area contributed by atoms with Crippen LogP contribution in [0.1, 0.15) is 6.92 Å². The predicted octanol–water partition coefficient (Wildman–Crippen LogP) is 0.432. The van der Waals surface area contributed by atoms with E-state index in [-0.39, 0.29) is 0 Å². The standard InChI is InChI=1S/C10H25N3/c1-6-12(4)9-10-13(5)8-7-11(2)3/h6-10H2,1-5H3. The van der Waals surface area contributed by atoms with Crippen molar-refractivity contribution in [1.29, 1.82) is 0 Å². The van der Waals surface area contributed by atoms with Gasteiger partial charge in [-0.15, -0.1) is 0 Å². The van der Waals surface area contributed by atoms with Crippen LogP contribution in [-0.4, -0.2) is 75.6 Å². The fourth-order valence-corrected chi connectivity index (χ4v) is 0.982. The van der Waals surface area contributed by atoms with Crippen molar-refractivity contribution in [2.75, 3.05) is 60.9 Å². The summed E-state index contributed by atoms with van der Waals surface area (Å²) in [5.41, 5.74) is 0. The molecule has 80 valence electrons. The molecule has 0 heterocycles. The predicted molar refractivity (Wildman–Crippen MR) is 59.2 cm³/mol. The summed E-state index contributed by atoms with van der Waals surface area (Å²) >= 11 is 0. The van der Waals surface area contributed by atoms with Gasteiger partial charge in [-0.05, 0) is 34.7 Å². The molecule has 0 bridgehead atoms. The number of nitrogens with zero attached hydrogens (tertiary/aromatic N) is 3. The van der Waals surface area contributed by atoms with Crippen LogP contribution in [0.15, 0.2) is 0 Å². The maximum Gasteiger partial charge on any atom is 0.0107 e. The van der Waals surface area contributed by atoms with Gasteiger partial charge in [-0.25, -0.2) is 0 Å². The Morgan fingerprint density at radius 1 is 0.692 bits per heavy atom. The van der Waals surface area contributed by atoms with Gasteiger partial charge in [0.05, 0.1) is 0 Å². The molecule has 0 aliphatic heterocycles. The van der Waals surface area contributed by atoms with Crippen LogP contribution in [0.4, 0.5) is 0 Å². The molecule has 3 heteroatoms. The van der Waals surface area contributed by atoms with Crippen molar-refractivity contribution in [2.24, 2.45) is 0 Å². The molecular formula is C10H25N3. The first-order valence-electron chi connectivity index (χ1n) is 5.08. The third kappa shape index (κ3) is 8.22. The zero-order chi connectivity index (χ0) is 10.3.